The number of aromatic nitrogens is 1. The summed E-state index contributed by atoms with van der Waals surface area (Å²) in [5, 5.41) is 3.91. The molecule has 4 heteroatoms. The minimum absolute atomic E-state index is 0.182. The smallest absolute Gasteiger partial charge is 0.227 e. The maximum absolute atomic E-state index is 12.4. The average molecular weight is 264 g/mol. The second-order valence-electron chi connectivity index (χ2n) is 5.63. The van der Waals surface area contributed by atoms with E-state index in [0.29, 0.717) is 12.5 Å². The van der Waals surface area contributed by atoms with Crippen molar-refractivity contribution in [3.63, 3.8) is 0 Å². The molecule has 19 heavy (non-hydrogen) atoms. The van der Waals surface area contributed by atoms with Crippen LogP contribution in [0, 0.1) is 13.8 Å². The fraction of sp³-hybridized carbons (Fsp3) is 0.733. The molecule has 0 unspecified atom stereocenters. The Hall–Kier alpha value is -1.32. The molecule has 1 aromatic heterocycles. The first-order valence-corrected chi connectivity index (χ1v) is 7.27. The monoisotopic (exact) mass is 264 g/mol. The van der Waals surface area contributed by atoms with E-state index in [9.17, 15) is 4.79 Å². The molecule has 1 saturated carbocycles. The van der Waals surface area contributed by atoms with E-state index in [2.05, 4.69) is 5.16 Å². The first kappa shape index (κ1) is 14.1. The Balaban J connectivity index is 1.99. The van der Waals surface area contributed by atoms with Gasteiger partial charge in [-0.3, -0.25) is 4.79 Å². The van der Waals surface area contributed by atoms with Crippen molar-refractivity contribution < 1.29 is 9.32 Å². The third-order valence-corrected chi connectivity index (χ3v) is 4.28. The van der Waals surface area contributed by atoms with Gasteiger partial charge in [0.05, 0.1) is 12.1 Å². The quantitative estimate of drug-likeness (QED) is 0.788. The minimum Gasteiger partial charge on any atom is -0.361 e. The van der Waals surface area contributed by atoms with Gasteiger partial charge in [-0.05, 0) is 26.7 Å². The highest BCUT2D eigenvalue weighted by Crippen LogP contribution is 2.22. The lowest BCUT2D eigenvalue weighted by atomic mass is 10.1. The van der Waals surface area contributed by atoms with Crippen LogP contribution in [0.25, 0.3) is 0 Å². The highest BCUT2D eigenvalue weighted by Gasteiger charge is 2.23. The van der Waals surface area contributed by atoms with Crippen LogP contribution in [0.5, 0.6) is 0 Å². The second kappa shape index (κ2) is 6.22. The van der Waals surface area contributed by atoms with Gasteiger partial charge in [0.15, 0.2) is 0 Å². The molecule has 0 bridgehead atoms. The maximum atomic E-state index is 12.4. The van der Waals surface area contributed by atoms with Gasteiger partial charge >= 0.3 is 0 Å². The van der Waals surface area contributed by atoms with Gasteiger partial charge in [0.2, 0.25) is 5.91 Å². The first-order chi connectivity index (χ1) is 9.09. The molecule has 0 aliphatic heterocycles. The van der Waals surface area contributed by atoms with Gasteiger partial charge in [-0.1, -0.05) is 30.8 Å². The molecule has 1 aliphatic rings. The molecule has 1 heterocycles. The summed E-state index contributed by atoms with van der Waals surface area (Å²) in [5.74, 6) is 0.946. The van der Waals surface area contributed by atoms with Crippen molar-refractivity contribution in [2.45, 2.75) is 64.8 Å². The van der Waals surface area contributed by atoms with Crippen molar-refractivity contribution >= 4 is 5.91 Å². The third-order valence-electron chi connectivity index (χ3n) is 4.28. The number of hydrogen-bond donors (Lipinski definition) is 0. The molecule has 0 spiro atoms. The Labute approximate surface area is 115 Å². The summed E-state index contributed by atoms with van der Waals surface area (Å²) in [6, 6.07) is 0.412. The molecular weight excluding hydrogens is 240 g/mol. The highest BCUT2D eigenvalue weighted by atomic mass is 16.5. The Morgan fingerprint density at radius 3 is 2.42 bits per heavy atom. The zero-order valence-corrected chi connectivity index (χ0v) is 12.2. The molecule has 0 atom stereocenters. The summed E-state index contributed by atoms with van der Waals surface area (Å²) < 4.78 is 5.12. The molecule has 1 aliphatic carbocycles. The van der Waals surface area contributed by atoms with Crippen molar-refractivity contribution in [2.75, 3.05) is 7.05 Å². The zero-order chi connectivity index (χ0) is 13.8. The number of nitrogens with zero attached hydrogens (tertiary/aromatic N) is 2. The fourth-order valence-electron chi connectivity index (χ4n) is 2.88. The van der Waals surface area contributed by atoms with E-state index in [1.165, 1.54) is 25.7 Å². The highest BCUT2D eigenvalue weighted by molar-refractivity contribution is 5.79. The van der Waals surface area contributed by atoms with E-state index in [-0.39, 0.29) is 5.91 Å². The van der Waals surface area contributed by atoms with Crippen LogP contribution in [-0.2, 0) is 11.2 Å². The van der Waals surface area contributed by atoms with Crippen LogP contribution in [0.1, 0.15) is 55.5 Å². The molecule has 1 amide bonds. The van der Waals surface area contributed by atoms with Crippen LogP contribution in [-0.4, -0.2) is 29.1 Å². The zero-order valence-electron chi connectivity index (χ0n) is 12.2. The summed E-state index contributed by atoms with van der Waals surface area (Å²) >= 11 is 0. The van der Waals surface area contributed by atoms with Crippen molar-refractivity contribution in [3.8, 4) is 0 Å². The van der Waals surface area contributed by atoms with Crippen molar-refractivity contribution in [1.82, 2.24) is 10.1 Å². The number of rotatable bonds is 3. The minimum atomic E-state index is 0.182. The van der Waals surface area contributed by atoms with E-state index in [1.54, 1.807) is 0 Å². The number of amides is 1. The van der Waals surface area contributed by atoms with Crippen LogP contribution >= 0.6 is 0 Å². The molecule has 0 saturated heterocycles. The molecule has 0 N–H and O–H groups in total. The third kappa shape index (κ3) is 3.37. The Kier molecular flexibility index (Phi) is 4.61. The van der Waals surface area contributed by atoms with Gasteiger partial charge in [0.25, 0.3) is 0 Å². The summed E-state index contributed by atoms with van der Waals surface area (Å²) in [5.41, 5.74) is 1.78. The van der Waals surface area contributed by atoms with Gasteiger partial charge in [0.1, 0.15) is 5.76 Å². The van der Waals surface area contributed by atoms with Gasteiger partial charge in [-0.25, -0.2) is 0 Å². The molecule has 1 aromatic rings. The van der Waals surface area contributed by atoms with Gasteiger partial charge < -0.3 is 9.42 Å². The van der Waals surface area contributed by atoms with E-state index in [1.807, 2.05) is 25.8 Å². The standard InChI is InChI=1S/C15H24N2O2/c1-11-14(12(2)19-16-11)10-15(18)17(3)13-8-6-4-5-7-9-13/h13H,4-10H2,1-3H3. The van der Waals surface area contributed by atoms with Gasteiger partial charge in [0, 0.05) is 18.7 Å². The van der Waals surface area contributed by atoms with Crippen LogP contribution in [0.15, 0.2) is 4.52 Å². The lowest BCUT2D eigenvalue weighted by Gasteiger charge is -2.27. The van der Waals surface area contributed by atoms with Gasteiger partial charge in [-0.2, -0.15) is 0 Å². The normalized spacial score (nSPS) is 17.2. The topological polar surface area (TPSA) is 46.3 Å². The molecule has 106 valence electrons. The lowest BCUT2D eigenvalue weighted by molar-refractivity contribution is -0.131. The lowest BCUT2D eigenvalue weighted by Crippen LogP contribution is -2.37. The Morgan fingerprint density at radius 1 is 1.26 bits per heavy atom. The molecule has 0 aromatic carbocycles. The number of carbonyl (C=O) groups excluding carboxylic acids is 1. The van der Waals surface area contributed by atoms with E-state index >= 15 is 0 Å². The molecule has 2 rings (SSSR count). The van der Waals surface area contributed by atoms with Crippen molar-refractivity contribution in [3.05, 3.63) is 17.0 Å². The Morgan fingerprint density at radius 2 is 1.89 bits per heavy atom. The first-order valence-electron chi connectivity index (χ1n) is 7.27. The number of aryl methyl sites for hydroxylation is 2. The number of likely N-dealkylation sites (N-methyl/N-ethyl adjacent to an activating group) is 1. The number of carbonyl (C=O) groups is 1. The maximum Gasteiger partial charge on any atom is 0.227 e. The van der Waals surface area contributed by atoms with E-state index in [0.717, 1.165) is 29.9 Å². The molecule has 1 fully saturated rings. The second-order valence-corrected chi connectivity index (χ2v) is 5.63. The molecular formula is C15H24N2O2. The van der Waals surface area contributed by atoms with Crippen molar-refractivity contribution in [2.24, 2.45) is 0 Å². The molecule has 0 radical (unpaired) electrons. The van der Waals surface area contributed by atoms with E-state index < -0.39 is 0 Å². The fourth-order valence-corrected chi connectivity index (χ4v) is 2.88. The summed E-state index contributed by atoms with van der Waals surface area (Å²) in [4.78, 5) is 14.3. The summed E-state index contributed by atoms with van der Waals surface area (Å²) in [7, 11) is 1.94. The van der Waals surface area contributed by atoms with Crippen LogP contribution in [0.3, 0.4) is 0 Å². The SMILES string of the molecule is Cc1noc(C)c1CC(=O)N(C)C1CCCCCC1. The number of hydrogen-bond acceptors (Lipinski definition) is 3. The van der Waals surface area contributed by atoms with Crippen LogP contribution < -0.4 is 0 Å². The van der Waals surface area contributed by atoms with Crippen LogP contribution in [0.4, 0.5) is 0 Å². The molecule has 4 nitrogen and oxygen atoms in total. The summed E-state index contributed by atoms with van der Waals surface area (Å²) in [6.45, 7) is 3.76. The van der Waals surface area contributed by atoms with Gasteiger partial charge in [-0.15, -0.1) is 0 Å². The predicted molar refractivity (Wildman–Crippen MR) is 73.9 cm³/mol. The average Bonchev–Trinajstić information content (AvgIpc) is 2.65. The van der Waals surface area contributed by atoms with Crippen LogP contribution in [0.2, 0.25) is 0 Å². The largest absolute Gasteiger partial charge is 0.361 e. The van der Waals surface area contributed by atoms with E-state index in [4.69, 9.17) is 4.52 Å². The predicted octanol–water partition coefficient (Wildman–Crippen LogP) is 3.02. The Bertz CT molecular complexity index is 412. The van der Waals surface area contributed by atoms with Crippen molar-refractivity contribution in [1.29, 1.82) is 0 Å². The summed E-state index contributed by atoms with van der Waals surface area (Å²) in [6.07, 6.45) is 7.80.